The van der Waals surface area contributed by atoms with Crippen molar-refractivity contribution in [1.29, 1.82) is 0 Å². The number of benzene rings is 2. The minimum Gasteiger partial charge on any atom is -0.343 e. The van der Waals surface area contributed by atoms with Gasteiger partial charge in [0.1, 0.15) is 5.01 Å². The van der Waals surface area contributed by atoms with Crippen molar-refractivity contribution in [2.24, 2.45) is 11.3 Å². The van der Waals surface area contributed by atoms with Gasteiger partial charge in [-0.1, -0.05) is 96.1 Å². The maximum atomic E-state index is 13.8. The van der Waals surface area contributed by atoms with E-state index >= 15 is 0 Å². The summed E-state index contributed by atoms with van der Waals surface area (Å²) in [4.78, 5) is 37.2. The van der Waals surface area contributed by atoms with Gasteiger partial charge in [0, 0.05) is 68.5 Å². The molecular weight excluding hydrogens is 565 g/mol. The van der Waals surface area contributed by atoms with Crippen LogP contribution in [0.4, 0.5) is 0 Å². The van der Waals surface area contributed by atoms with Gasteiger partial charge in [-0.3, -0.25) is 14.5 Å². The Kier molecular flexibility index (Phi) is 9.66. The van der Waals surface area contributed by atoms with Crippen molar-refractivity contribution in [1.82, 2.24) is 19.7 Å². The largest absolute Gasteiger partial charge is 0.343 e. The Bertz CT molecular complexity index is 1410. The van der Waals surface area contributed by atoms with Crippen LogP contribution in [-0.2, 0) is 15.0 Å². The number of amides is 2. The van der Waals surface area contributed by atoms with Gasteiger partial charge in [0.2, 0.25) is 11.8 Å². The van der Waals surface area contributed by atoms with Gasteiger partial charge in [-0.05, 0) is 35.3 Å². The van der Waals surface area contributed by atoms with Crippen LogP contribution in [0.25, 0.3) is 10.6 Å². The first-order valence-electron chi connectivity index (χ1n) is 16.2. The van der Waals surface area contributed by atoms with E-state index in [1.807, 2.05) is 4.90 Å². The molecule has 7 heteroatoms. The normalized spacial score (nSPS) is 19.7. The zero-order valence-corrected chi connectivity index (χ0v) is 28.5. The summed E-state index contributed by atoms with van der Waals surface area (Å²) in [6.07, 6.45) is 2.40. The lowest BCUT2D eigenvalue weighted by Gasteiger charge is -2.50. The lowest BCUT2D eigenvalue weighted by molar-refractivity contribution is -0.141. The van der Waals surface area contributed by atoms with Crippen LogP contribution in [0, 0.1) is 11.3 Å². The molecule has 0 radical (unpaired) electrons. The lowest BCUT2D eigenvalue weighted by atomic mass is 9.82. The summed E-state index contributed by atoms with van der Waals surface area (Å²) < 4.78 is 0. The molecule has 2 saturated heterocycles. The number of carbonyl (C=O) groups is 2. The van der Waals surface area contributed by atoms with E-state index in [1.54, 1.807) is 18.3 Å². The highest BCUT2D eigenvalue weighted by Gasteiger charge is 2.40. The zero-order valence-electron chi connectivity index (χ0n) is 27.7. The highest BCUT2D eigenvalue weighted by Crippen LogP contribution is 2.37. The van der Waals surface area contributed by atoms with Crippen molar-refractivity contribution < 1.29 is 9.59 Å². The van der Waals surface area contributed by atoms with Crippen molar-refractivity contribution in [3.05, 3.63) is 76.8 Å². The Morgan fingerprint density at radius 3 is 2.09 bits per heavy atom. The van der Waals surface area contributed by atoms with Crippen molar-refractivity contribution in [2.75, 3.05) is 32.7 Å². The smallest absolute Gasteiger partial charge is 0.223 e. The van der Waals surface area contributed by atoms with E-state index in [1.165, 1.54) is 11.1 Å². The number of nitrogens with zero attached hydrogens (tertiary/aromatic N) is 4. The molecule has 0 spiro atoms. The fourth-order valence-electron chi connectivity index (χ4n) is 6.70. The number of hydrogen-bond acceptors (Lipinski definition) is 5. The average Bonchev–Trinajstić information content (AvgIpc) is 3.50. The number of aromatic nitrogens is 1. The fraction of sp³-hybridized carbons (Fsp3) is 0.541. The molecule has 2 aliphatic heterocycles. The predicted molar refractivity (Wildman–Crippen MR) is 181 cm³/mol. The summed E-state index contributed by atoms with van der Waals surface area (Å²) in [5, 5.41) is 3.24. The van der Waals surface area contributed by atoms with Gasteiger partial charge in [-0.25, -0.2) is 4.98 Å². The third-order valence-electron chi connectivity index (χ3n) is 9.48. The molecule has 3 aromatic rings. The zero-order chi connectivity index (χ0) is 31.6. The van der Waals surface area contributed by atoms with Crippen LogP contribution in [0.15, 0.2) is 60.0 Å². The second-order valence-corrected chi connectivity index (χ2v) is 15.7. The van der Waals surface area contributed by atoms with Crippen LogP contribution in [-0.4, -0.2) is 70.3 Å². The summed E-state index contributed by atoms with van der Waals surface area (Å²) in [7, 11) is 0. The summed E-state index contributed by atoms with van der Waals surface area (Å²) in [6.45, 7) is 18.9. The molecule has 2 fully saturated rings. The minimum atomic E-state index is -0.0625. The Labute approximate surface area is 268 Å². The Morgan fingerprint density at radius 1 is 0.886 bits per heavy atom. The SMILES string of the molecule is CC(=O)N1CCC(CC(=O)N2CCN(C(c3ccccc3)c3ccc(-c4nc(C(C)(C)C)cs4)cc3)C[C@@H]2C(C)(C)C)CC1. The lowest BCUT2D eigenvalue weighted by Crippen LogP contribution is -2.60. The molecule has 44 heavy (non-hydrogen) atoms. The molecule has 2 aromatic carbocycles. The second kappa shape index (κ2) is 13.1. The standard InChI is InChI=1S/C37H50N4O2S/c1-26(42)39-19-17-27(18-20-39)23-33(43)41-22-21-40(24-32(41)37(5,6)7)34(28-11-9-8-10-12-28)29-13-15-30(16-14-29)35-38-31(25-44-35)36(2,3)4/h8-16,25,27,32,34H,17-24H2,1-7H3/t32-,34?/m1/s1. The van der Waals surface area contributed by atoms with E-state index in [0.717, 1.165) is 61.8 Å². The third-order valence-corrected chi connectivity index (χ3v) is 10.4. The van der Waals surface area contributed by atoms with Crippen LogP contribution >= 0.6 is 11.3 Å². The monoisotopic (exact) mass is 614 g/mol. The van der Waals surface area contributed by atoms with Gasteiger partial charge < -0.3 is 9.80 Å². The van der Waals surface area contributed by atoms with Crippen LogP contribution in [0.5, 0.6) is 0 Å². The van der Waals surface area contributed by atoms with Crippen LogP contribution in [0.2, 0.25) is 0 Å². The Morgan fingerprint density at radius 2 is 1.52 bits per heavy atom. The van der Waals surface area contributed by atoms with Gasteiger partial charge >= 0.3 is 0 Å². The van der Waals surface area contributed by atoms with Crippen molar-refractivity contribution in [2.45, 2.75) is 85.2 Å². The molecule has 6 nitrogen and oxygen atoms in total. The molecular formula is C37H50N4O2S. The minimum absolute atomic E-state index is 0.0350. The van der Waals surface area contributed by atoms with Crippen LogP contribution < -0.4 is 0 Å². The highest BCUT2D eigenvalue weighted by atomic mass is 32.1. The molecule has 236 valence electrons. The number of piperazine rings is 1. The molecule has 0 saturated carbocycles. The van der Waals surface area contributed by atoms with E-state index in [4.69, 9.17) is 4.98 Å². The van der Waals surface area contributed by atoms with Gasteiger partial charge in [0.25, 0.3) is 0 Å². The molecule has 0 bridgehead atoms. The molecule has 0 aliphatic carbocycles. The first-order valence-corrected chi connectivity index (χ1v) is 17.1. The van der Waals surface area contributed by atoms with Gasteiger partial charge in [0.05, 0.1) is 11.7 Å². The van der Waals surface area contributed by atoms with E-state index < -0.39 is 0 Å². The first kappa shape index (κ1) is 32.4. The molecule has 5 rings (SSSR count). The molecule has 2 amide bonds. The summed E-state index contributed by atoms with van der Waals surface area (Å²) in [5.74, 6) is 0.758. The fourth-order valence-corrected chi connectivity index (χ4v) is 7.76. The van der Waals surface area contributed by atoms with E-state index in [9.17, 15) is 9.59 Å². The van der Waals surface area contributed by atoms with E-state index in [-0.39, 0.29) is 34.7 Å². The molecule has 3 heterocycles. The number of hydrogen-bond donors (Lipinski definition) is 0. The second-order valence-electron chi connectivity index (χ2n) is 14.8. The molecule has 1 aromatic heterocycles. The Balaban J connectivity index is 1.35. The summed E-state index contributed by atoms with van der Waals surface area (Å²) in [6, 6.07) is 20.0. The molecule has 2 aliphatic rings. The number of likely N-dealkylation sites (tertiary alicyclic amines) is 1. The first-order chi connectivity index (χ1) is 20.8. The number of carbonyl (C=O) groups excluding carboxylic acids is 2. The number of thiazole rings is 1. The molecule has 1 unspecified atom stereocenters. The molecule has 0 N–H and O–H groups in total. The highest BCUT2D eigenvalue weighted by molar-refractivity contribution is 7.13. The summed E-state index contributed by atoms with van der Waals surface area (Å²) >= 11 is 1.71. The number of rotatable bonds is 6. The van der Waals surface area contributed by atoms with Crippen molar-refractivity contribution in [3.63, 3.8) is 0 Å². The van der Waals surface area contributed by atoms with Crippen molar-refractivity contribution >= 4 is 23.2 Å². The van der Waals surface area contributed by atoms with Gasteiger partial charge in [-0.2, -0.15) is 0 Å². The van der Waals surface area contributed by atoms with Crippen molar-refractivity contribution in [3.8, 4) is 10.6 Å². The summed E-state index contributed by atoms with van der Waals surface area (Å²) in [5.41, 5.74) is 4.79. The average molecular weight is 615 g/mol. The quantitative estimate of drug-likeness (QED) is 0.290. The third kappa shape index (κ3) is 7.43. The van der Waals surface area contributed by atoms with E-state index in [0.29, 0.717) is 12.3 Å². The van der Waals surface area contributed by atoms with Gasteiger partial charge in [0.15, 0.2) is 0 Å². The van der Waals surface area contributed by atoms with Gasteiger partial charge in [-0.15, -0.1) is 11.3 Å². The Hall–Kier alpha value is -3.03. The maximum Gasteiger partial charge on any atom is 0.223 e. The van der Waals surface area contributed by atoms with Crippen LogP contribution in [0.3, 0.4) is 0 Å². The number of piperidine rings is 1. The van der Waals surface area contributed by atoms with E-state index in [2.05, 4.69) is 111 Å². The van der Waals surface area contributed by atoms with Crippen LogP contribution in [0.1, 0.15) is 90.6 Å². The molecule has 2 atom stereocenters. The maximum absolute atomic E-state index is 13.8. The predicted octanol–water partition coefficient (Wildman–Crippen LogP) is 7.40. The topological polar surface area (TPSA) is 56.8 Å².